The Morgan fingerprint density at radius 3 is 2.53 bits per heavy atom. The van der Waals surface area contributed by atoms with Crippen LogP contribution in [0.1, 0.15) is 47.0 Å². The van der Waals surface area contributed by atoms with Crippen LogP contribution in [-0.4, -0.2) is 37.1 Å². The van der Waals surface area contributed by atoms with Gasteiger partial charge in [0, 0.05) is 12.6 Å². The monoisotopic (exact) mass is 240 g/mol. The highest BCUT2D eigenvalue weighted by molar-refractivity contribution is 4.77. The van der Waals surface area contributed by atoms with E-state index in [-0.39, 0.29) is 0 Å². The largest absolute Gasteiger partial charge is 0.316 e. The standard InChI is InChI=1S/C15H32N2/c1-6-11-17(12-7-2)15(5)9-8-10-16-13-14(3)4/h6,14-16H,1,7-13H2,2-5H3. The van der Waals surface area contributed by atoms with Crippen LogP contribution < -0.4 is 5.32 Å². The van der Waals surface area contributed by atoms with Crippen LogP contribution in [0.4, 0.5) is 0 Å². The summed E-state index contributed by atoms with van der Waals surface area (Å²) in [6.45, 7) is 17.4. The lowest BCUT2D eigenvalue weighted by Crippen LogP contribution is -2.34. The van der Waals surface area contributed by atoms with Crippen molar-refractivity contribution in [2.24, 2.45) is 5.92 Å². The molecule has 0 heterocycles. The molecule has 0 saturated heterocycles. The van der Waals surface area contributed by atoms with Crippen molar-refractivity contribution in [3.63, 3.8) is 0 Å². The summed E-state index contributed by atoms with van der Waals surface area (Å²) in [5.41, 5.74) is 0. The number of hydrogen-bond acceptors (Lipinski definition) is 2. The Balaban J connectivity index is 3.66. The van der Waals surface area contributed by atoms with Crippen molar-refractivity contribution < 1.29 is 0 Å². The molecule has 0 bridgehead atoms. The Bertz CT molecular complexity index is 178. The molecule has 2 heteroatoms. The van der Waals surface area contributed by atoms with Crippen LogP contribution in [-0.2, 0) is 0 Å². The fourth-order valence-electron chi connectivity index (χ4n) is 2.04. The quantitative estimate of drug-likeness (QED) is 0.440. The number of hydrogen-bond donors (Lipinski definition) is 1. The molecule has 0 aliphatic carbocycles. The average molecular weight is 240 g/mol. The minimum absolute atomic E-state index is 0.675. The van der Waals surface area contributed by atoms with Crippen LogP contribution in [0.15, 0.2) is 12.7 Å². The van der Waals surface area contributed by atoms with Crippen molar-refractivity contribution >= 4 is 0 Å². The summed E-state index contributed by atoms with van der Waals surface area (Å²) in [4.78, 5) is 2.52. The molecule has 0 aliphatic rings. The first-order valence-corrected chi connectivity index (χ1v) is 7.17. The number of nitrogens with one attached hydrogen (secondary N) is 1. The lowest BCUT2D eigenvalue weighted by Gasteiger charge is -2.27. The van der Waals surface area contributed by atoms with Crippen molar-refractivity contribution in [1.82, 2.24) is 10.2 Å². The molecule has 17 heavy (non-hydrogen) atoms. The lowest BCUT2D eigenvalue weighted by atomic mass is 10.1. The van der Waals surface area contributed by atoms with Gasteiger partial charge in [0.15, 0.2) is 0 Å². The second kappa shape index (κ2) is 10.8. The molecule has 0 aromatic carbocycles. The fraction of sp³-hybridized carbons (Fsp3) is 0.867. The predicted molar refractivity (Wildman–Crippen MR) is 78.5 cm³/mol. The van der Waals surface area contributed by atoms with Gasteiger partial charge in [0.2, 0.25) is 0 Å². The minimum atomic E-state index is 0.675. The van der Waals surface area contributed by atoms with E-state index in [1.54, 1.807) is 0 Å². The second-order valence-corrected chi connectivity index (χ2v) is 5.37. The van der Waals surface area contributed by atoms with Crippen molar-refractivity contribution in [3.05, 3.63) is 12.7 Å². The molecule has 0 amide bonds. The average Bonchev–Trinajstić information content (AvgIpc) is 2.27. The Morgan fingerprint density at radius 2 is 2.00 bits per heavy atom. The molecule has 0 aromatic rings. The first-order chi connectivity index (χ1) is 8.11. The molecular weight excluding hydrogens is 208 g/mol. The van der Waals surface area contributed by atoms with Gasteiger partial charge in [-0.25, -0.2) is 0 Å². The number of rotatable bonds is 11. The highest BCUT2D eigenvalue weighted by Crippen LogP contribution is 2.07. The van der Waals surface area contributed by atoms with E-state index < -0.39 is 0 Å². The maximum absolute atomic E-state index is 3.84. The Morgan fingerprint density at radius 1 is 1.29 bits per heavy atom. The van der Waals surface area contributed by atoms with Gasteiger partial charge in [-0.3, -0.25) is 4.90 Å². The first-order valence-electron chi connectivity index (χ1n) is 7.17. The van der Waals surface area contributed by atoms with E-state index in [0.717, 1.165) is 25.6 Å². The highest BCUT2D eigenvalue weighted by atomic mass is 15.1. The van der Waals surface area contributed by atoms with E-state index in [1.807, 2.05) is 6.08 Å². The van der Waals surface area contributed by atoms with E-state index in [0.29, 0.717) is 6.04 Å². The first kappa shape index (κ1) is 16.7. The smallest absolute Gasteiger partial charge is 0.0163 e. The van der Waals surface area contributed by atoms with Crippen LogP contribution in [0.3, 0.4) is 0 Å². The van der Waals surface area contributed by atoms with Gasteiger partial charge in [-0.05, 0) is 51.7 Å². The van der Waals surface area contributed by atoms with Crippen LogP contribution >= 0.6 is 0 Å². The third-order valence-electron chi connectivity index (χ3n) is 3.03. The van der Waals surface area contributed by atoms with Crippen molar-refractivity contribution in [3.8, 4) is 0 Å². The van der Waals surface area contributed by atoms with Gasteiger partial charge in [-0.2, -0.15) is 0 Å². The van der Waals surface area contributed by atoms with Gasteiger partial charge in [0.1, 0.15) is 0 Å². The Hall–Kier alpha value is -0.340. The zero-order valence-electron chi connectivity index (χ0n) is 12.3. The van der Waals surface area contributed by atoms with Gasteiger partial charge < -0.3 is 5.32 Å². The maximum Gasteiger partial charge on any atom is 0.0163 e. The van der Waals surface area contributed by atoms with Gasteiger partial charge in [0.05, 0.1) is 0 Å². The second-order valence-electron chi connectivity index (χ2n) is 5.37. The van der Waals surface area contributed by atoms with Crippen LogP contribution in [0.2, 0.25) is 0 Å². The molecule has 0 fully saturated rings. The molecule has 0 aliphatic heterocycles. The van der Waals surface area contributed by atoms with Crippen molar-refractivity contribution in [1.29, 1.82) is 0 Å². The topological polar surface area (TPSA) is 15.3 Å². The zero-order valence-corrected chi connectivity index (χ0v) is 12.3. The third kappa shape index (κ3) is 9.37. The van der Waals surface area contributed by atoms with Gasteiger partial charge in [0.25, 0.3) is 0 Å². The molecule has 0 rings (SSSR count). The number of nitrogens with zero attached hydrogens (tertiary/aromatic N) is 1. The molecule has 0 spiro atoms. The van der Waals surface area contributed by atoms with E-state index in [9.17, 15) is 0 Å². The molecule has 2 nitrogen and oxygen atoms in total. The summed E-state index contributed by atoms with van der Waals surface area (Å²) in [6.07, 6.45) is 5.79. The van der Waals surface area contributed by atoms with Crippen LogP contribution in [0, 0.1) is 5.92 Å². The highest BCUT2D eigenvalue weighted by Gasteiger charge is 2.10. The van der Waals surface area contributed by atoms with Gasteiger partial charge in [-0.1, -0.05) is 26.8 Å². The lowest BCUT2D eigenvalue weighted by molar-refractivity contribution is 0.218. The van der Waals surface area contributed by atoms with E-state index >= 15 is 0 Å². The molecular formula is C15H32N2. The summed E-state index contributed by atoms with van der Waals surface area (Å²) in [7, 11) is 0. The summed E-state index contributed by atoms with van der Waals surface area (Å²) >= 11 is 0. The SMILES string of the molecule is C=CCN(CCC)C(C)CCCNCC(C)C. The summed E-state index contributed by atoms with van der Waals surface area (Å²) < 4.78 is 0. The van der Waals surface area contributed by atoms with E-state index in [1.165, 1.54) is 25.8 Å². The third-order valence-corrected chi connectivity index (χ3v) is 3.03. The Labute approximate surface area is 108 Å². The molecule has 102 valence electrons. The van der Waals surface area contributed by atoms with Gasteiger partial charge >= 0.3 is 0 Å². The molecule has 1 N–H and O–H groups in total. The fourth-order valence-corrected chi connectivity index (χ4v) is 2.04. The van der Waals surface area contributed by atoms with Crippen LogP contribution in [0.25, 0.3) is 0 Å². The van der Waals surface area contributed by atoms with Crippen LogP contribution in [0.5, 0.6) is 0 Å². The van der Waals surface area contributed by atoms with E-state index in [4.69, 9.17) is 0 Å². The molecule has 1 atom stereocenters. The minimum Gasteiger partial charge on any atom is -0.316 e. The zero-order chi connectivity index (χ0) is 13.1. The summed E-state index contributed by atoms with van der Waals surface area (Å²) in [5.74, 6) is 0.754. The molecule has 0 saturated carbocycles. The summed E-state index contributed by atoms with van der Waals surface area (Å²) in [5, 5.41) is 3.50. The molecule has 1 unspecified atom stereocenters. The normalized spacial score (nSPS) is 13.3. The molecule has 0 aromatic heterocycles. The Kier molecular flexibility index (Phi) is 10.6. The van der Waals surface area contributed by atoms with Crippen molar-refractivity contribution in [2.45, 2.75) is 53.0 Å². The van der Waals surface area contributed by atoms with E-state index in [2.05, 4.69) is 44.5 Å². The van der Waals surface area contributed by atoms with Crippen molar-refractivity contribution in [2.75, 3.05) is 26.2 Å². The molecule has 0 radical (unpaired) electrons. The maximum atomic E-state index is 3.84. The summed E-state index contributed by atoms with van der Waals surface area (Å²) in [6, 6.07) is 0.675. The van der Waals surface area contributed by atoms with Gasteiger partial charge in [-0.15, -0.1) is 6.58 Å². The predicted octanol–water partition coefficient (Wildman–Crippen LogP) is 3.30.